The van der Waals surface area contributed by atoms with Gasteiger partial charge < -0.3 is 14.2 Å². The van der Waals surface area contributed by atoms with E-state index in [4.69, 9.17) is 14.2 Å². The van der Waals surface area contributed by atoms with Crippen molar-refractivity contribution >= 4 is 6.16 Å². The van der Waals surface area contributed by atoms with Crippen LogP contribution in [0.25, 0.3) is 11.1 Å². The van der Waals surface area contributed by atoms with Gasteiger partial charge in [-0.25, -0.2) is 9.18 Å². The molecule has 0 aliphatic heterocycles. The zero-order chi connectivity index (χ0) is 37.8. The molecule has 2 atom stereocenters. The van der Waals surface area contributed by atoms with Gasteiger partial charge in [-0.1, -0.05) is 57.5 Å². The summed E-state index contributed by atoms with van der Waals surface area (Å²) in [5.41, 5.74) is 1.90. The van der Waals surface area contributed by atoms with Crippen LogP contribution < -0.4 is 9.47 Å². The Morgan fingerprint density at radius 1 is 0.784 bits per heavy atom. The highest BCUT2D eigenvalue weighted by atomic mass is 19.4. The molecule has 0 unspecified atom stereocenters. The first kappa shape index (κ1) is 39.2. The molecule has 0 aliphatic carbocycles. The molecular weight excluding hydrogens is 677 g/mol. The summed E-state index contributed by atoms with van der Waals surface area (Å²) >= 11 is 0. The van der Waals surface area contributed by atoms with E-state index in [0.717, 1.165) is 27.8 Å². The van der Waals surface area contributed by atoms with E-state index in [-0.39, 0.29) is 35.7 Å². The number of carbonyl (C=O) groups is 1. The lowest BCUT2D eigenvalue weighted by Crippen LogP contribution is -2.23. The predicted octanol–water partition coefficient (Wildman–Crippen LogP) is 12.4. The number of alkyl halides is 6. The largest absolute Gasteiger partial charge is 0.514 e. The van der Waals surface area contributed by atoms with E-state index in [1.165, 1.54) is 19.2 Å². The zero-order valence-electron chi connectivity index (χ0n) is 29.5. The summed E-state index contributed by atoms with van der Waals surface area (Å²) in [5.74, 6) is -1.06. The van der Waals surface area contributed by atoms with Crippen LogP contribution in [0.3, 0.4) is 0 Å². The Balaban J connectivity index is 1.75. The Hall–Kier alpha value is -4.54. The van der Waals surface area contributed by atoms with Gasteiger partial charge in [0, 0.05) is 0 Å². The second kappa shape index (κ2) is 15.8. The number of benzene rings is 4. The molecule has 0 aliphatic rings. The number of ether oxygens (including phenoxy) is 3. The van der Waals surface area contributed by atoms with Gasteiger partial charge in [-0.3, -0.25) is 0 Å². The first-order valence-corrected chi connectivity index (χ1v) is 16.6. The molecule has 0 heterocycles. The van der Waals surface area contributed by atoms with Crippen LogP contribution in [0.1, 0.15) is 90.6 Å². The van der Waals surface area contributed by atoms with Crippen LogP contribution in [0.5, 0.6) is 11.5 Å². The Morgan fingerprint density at radius 3 is 2.00 bits per heavy atom. The van der Waals surface area contributed by atoms with E-state index in [0.29, 0.717) is 36.1 Å². The highest BCUT2D eigenvalue weighted by Gasteiger charge is 2.39. The van der Waals surface area contributed by atoms with Crippen LogP contribution in [-0.2, 0) is 29.9 Å². The van der Waals surface area contributed by atoms with Crippen molar-refractivity contribution in [3.8, 4) is 22.6 Å². The van der Waals surface area contributed by atoms with Crippen LogP contribution in [-0.4, -0.2) is 13.3 Å². The van der Waals surface area contributed by atoms with Gasteiger partial charge in [0.25, 0.3) is 0 Å². The summed E-state index contributed by atoms with van der Waals surface area (Å²) in [6.45, 7) is 10.9. The standard InChI is InChI=1S/C40H41F7O4/c1-8-26-11-14-35(36(17-26)49-7)50-38(48)51-37(28-18-29(39(42,43)44)20-30(19-28)40(45,46)47)24(5)10-12-27-15-23(4)9-13-31(27)33-21-32(22(2)3)34(41)16-25(33)6/h9,11,13-22,24,37H,8,10,12H2,1-7H3/t24-,37+/m1/s1. The fraction of sp³-hybridized carbons (Fsp3) is 0.375. The summed E-state index contributed by atoms with van der Waals surface area (Å²) in [6, 6.07) is 15.0. The third kappa shape index (κ3) is 9.62. The minimum Gasteiger partial charge on any atom is -0.493 e. The van der Waals surface area contributed by atoms with Crippen molar-refractivity contribution in [3.05, 3.63) is 117 Å². The number of methoxy groups -OCH3 is 1. The molecule has 0 N–H and O–H groups in total. The average molecular weight is 719 g/mol. The van der Waals surface area contributed by atoms with Gasteiger partial charge in [-0.05, 0) is 126 Å². The molecule has 0 amide bonds. The van der Waals surface area contributed by atoms with Crippen molar-refractivity contribution in [3.63, 3.8) is 0 Å². The Morgan fingerprint density at radius 2 is 1.43 bits per heavy atom. The smallest absolute Gasteiger partial charge is 0.493 e. The topological polar surface area (TPSA) is 44.8 Å². The first-order chi connectivity index (χ1) is 23.8. The summed E-state index contributed by atoms with van der Waals surface area (Å²) in [5, 5.41) is 0. The lowest BCUT2D eigenvalue weighted by molar-refractivity contribution is -0.143. The maximum Gasteiger partial charge on any atom is 0.514 e. The maximum absolute atomic E-state index is 14.8. The Bertz CT molecular complexity index is 1830. The number of rotatable bonds is 11. The molecule has 4 aromatic rings. The van der Waals surface area contributed by atoms with E-state index in [1.807, 2.05) is 45.9 Å². The van der Waals surface area contributed by atoms with Gasteiger partial charge in [0.05, 0.1) is 18.2 Å². The number of hydrogen-bond donors (Lipinski definition) is 0. The number of hydrogen-bond acceptors (Lipinski definition) is 4. The Labute approximate surface area is 293 Å². The molecule has 0 bridgehead atoms. The second-order valence-corrected chi connectivity index (χ2v) is 13.1. The minimum atomic E-state index is -5.11. The molecule has 0 spiro atoms. The molecule has 4 nitrogen and oxygen atoms in total. The van der Waals surface area contributed by atoms with E-state index >= 15 is 0 Å². The third-order valence-corrected chi connectivity index (χ3v) is 8.89. The maximum atomic E-state index is 14.8. The van der Waals surface area contributed by atoms with Crippen molar-refractivity contribution < 1.29 is 49.7 Å². The Kier molecular flexibility index (Phi) is 12.1. The normalized spacial score (nSPS) is 13.2. The molecule has 4 rings (SSSR count). The van der Waals surface area contributed by atoms with Crippen molar-refractivity contribution in [1.29, 1.82) is 0 Å². The fourth-order valence-corrected chi connectivity index (χ4v) is 6.04. The van der Waals surface area contributed by atoms with Crippen LogP contribution in [0.15, 0.2) is 66.7 Å². The second-order valence-electron chi connectivity index (χ2n) is 13.1. The molecule has 274 valence electrons. The number of aryl methyl sites for hydroxylation is 4. The highest BCUT2D eigenvalue weighted by Crippen LogP contribution is 2.41. The zero-order valence-corrected chi connectivity index (χ0v) is 29.5. The SMILES string of the molecule is CCc1ccc(OC(=O)O[C@H](c2cc(C(F)(F)F)cc(C(F)(F)F)c2)[C@H](C)CCc2cc(C)ccc2-c2cc(C(C)C)c(F)cc2C)c(OC)c1. The van der Waals surface area contributed by atoms with Crippen molar-refractivity contribution in [1.82, 2.24) is 0 Å². The quantitative estimate of drug-likeness (QED) is 0.0880. The number of halogens is 7. The van der Waals surface area contributed by atoms with Gasteiger partial charge in [0.2, 0.25) is 0 Å². The van der Waals surface area contributed by atoms with Crippen molar-refractivity contribution in [2.45, 2.75) is 85.2 Å². The van der Waals surface area contributed by atoms with Gasteiger partial charge >= 0.3 is 18.5 Å². The lowest BCUT2D eigenvalue weighted by Gasteiger charge is -2.26. The van der Waals surface area contributed by atoms with Crippen LogP contribution >= 0.6 is 0 Å². The van der Waals surface area contributed by atoms with Crippen LogP contribution in [0.4, 0.5) is 35.5 Å². The highest BCUT2D eigenvalue weighted by molar-refractivity contribution is 5.72. The summed E-state index contributed by atoms with van der Waals surface area (Å²) in [4.78, 5) is 13.2. The summed E-state index contributed by atoms with van der Waals surface area (Å²) in [6.07, 6.45) is -12.0. The molecule has 0 saturated heterocycles. The molecule has 4 aromatic carbocycles. The van der Waals surface area contributed by atoms with Gasteiger partial charge in [-0.2, -0.15) is 26.3 Å². The van der Waals surface area contributed by atoms with Crippen molar-refractivity contribution in [2.75, 3.05) is 7.11 Å². The molecule has 0 aromatic heterocycles. The molecular formula is C40H41F7O4. The molecule has 0 fully saturated rings. The van der Waals surface area contributed by atoms with E-state index in [1.54, 1.807) is 32.0 Å². The molecule has 11 heteroatoms. The fourth-order valence-electron chi connectivity index (χ4n) is 6.04. The minimum absolute atomic E-state index is 0.0269. The predicted molar refractivity (Wildman–Crippen MR) is 182 cm³/mol. The average Bonchev–Trinajstić information content (AvgIpc) is 3.05. The number of carbonyl (C=O) groups excluding carboxylic acids is 1. The van der Waals surface area contributed by atoms with E-state index < -0.39 is 47.2 Å². The lowest BCUT2D eigenvalue weighted by atomic mass is 9.86. The monoisotopic (exact) mass is 718 g/mol. The molecule has 0 saturated carbocycles. The molecule has 51 heavy (non-hydrogen) atoms. The van der Waals surface area contributed by atoms with Crippen LogP contribution in [0.2, 0.25) is 0 Å². The summed E-state index contributed by atoms with van der Waals surface area (Å²) < 4.78 is 115. The third-order valence-electron chi connectivity index (χ3n) is 8.89. The van der Waals surface area contributed by atoms with Crippen molar-refractivity contribution in [2.24, 2.45) is 5.92 Å². The van der Waals surface area contributed by atoms with E-state index in [2.05, 4.69) is 0 Å². The van der Waals surface area contributed by atoms with Crippen LogP contribution in [0, 0.1) is 25.6 Å². The van der Waals surface area contributed by atoms with Gasteiger partial charge in [0.15, 0.2) is 11.5 Å². The first-order valence-electron chi connectivity index (χ1n) is 16.6. The molecule has 0 radical (unpaired) electrons. The summed E-state index contributed by atoms with van der Waals surface area (Å²) in [7, 11) is 1.36. The van der Waals surface area contributed by atoms with E-state index in [9.17, 15) is 35.5 Å². The van der Waals surface area contributed by atoms with Gasteiger partial charge in [0.1, 0.15) is 11.9 Å². The van der Waals surface area contributed by atoms with Gasteiger partial charge in [-0.15, -0.1) is 0 Å².